The Balaban J connectivity index is 1.47. The molecule has 0 unspecified atom stereocenters. The van der Waals surface area contributed by atoms with Crippen LogP contribution in [-0.2, 0) is 20.5 Å². The number of amides is 2. The van der Waals surface area contributed by atoms with Gasteiger partial charge in [-0.05, 0) is 55.3 Å². The SMILES string of the molecule is COc1ccc(Cl)cc1NC(=O)COC(=O)C1CCN(C(=O)c2ccc(C(F)(F)F)cc2)CC1. The van der Waals surface area contributed by atoms with Crippen LogP contribution in [0.25, 0.3) is 0 Å². The van der Waals surface area contributed by atoms with Crippen molar-refractivity contribution >= 4 is 35.1 Å². The Bertz CT molecular complexity index is 1050. The van der Waals surface area contributed by atoms with Gasteiger partial charge in [0.2, 0.25) is 0 Å². The number of nitrogens with one attached hydrogen (secondary N) is 1. The first-order valence-corrected chi connectivity index (χ1v) is 10.7. The van der Waals surface area contributed by atoms with E-state index in [1.165, 1.54) is 18.1 Å². The van der Waals surface area contributed by atoms with Gasteiger partial charge in [-0.3, -0.25) is 14.4 Å². The lowest BCUT2D eigenvalue weighted by atomic mass is 9.96. The predicted octanol–water partition coefficient (Wildman–Crippen LogP) is 4.40. The second kappa shape index (κ2) is 10.8. The lowest BCUT2D eigenvalue weighted by molar-refractivity contribution is -0.152. The maximum absolute atomic E-state index is 12.7. The quantitative estimate of drug-likeness (QED) is 0.597. The van der Waals surface area contributed by atoms with Crippen molar-refractivity contribution in [2.24, 2.45) is 5.92 Å². The van der Waals surface area contributed by atoms with Crippen LogP contribution >= 0.6 is 11.6 Å². The van der Waals surface area contributed by atoms with Crippen LogP contribution in [0.4, 0.5) is 18.9 Å². The molecule has 1 heterocycles. The van der Waals surface area contributed by atoms with Gasteiger partial charge in [0.05, 0.1) is 24.3 Å². The number of esters is 1. The number of carbonyl (C=O) groups excluding carboxylic acids is 3. The summed E-state index contributed by atoms with van der Waals surface area (Å²) >= 11 is 5.92. The lowest BCUT2D eigenvalue weighted by Crippen LogP contribution is -2.41. The number of alkyl halides is 3. The van der Waals surface area contributed by atoms with Gasteiger partial charge in [-0.2, -0.15) is 13.2 Å². The van der Waals surface area contributed by atoms with Crippen LogP contribution < -0.4 is 10.1 Å². The van der Waals surface area contributed by atoms with Gasteiger partial charge in [-0.25, -0.2) is 0 Å². The average Bonchev–Trinajstić information content (AvgIpc) is 2.82. The third-order valence-corrected chi connectivity index (χ3v) is 5.59. The summed E-state index contributed by atoms with van der Waals surface area (Å²) in [5.41, 5.74) is -0.350. The molecule has 0 atom stereocenters. The molecule has 1 aliphatic rings. The molecular formula is C23H22ClF3N2O5. The van der Waals surface area contributed by atoms with Crippen LogP contribution in [-0.4, -0.2) is 49.5 Å². The second-order valence-corrected chi connectivity index (χ2v) is 8.08. The highest BCUT2D eigenvalue weighted by Crippen LogP contribution is 2.30. The molecule has 182 valence electrons. The van der Waals surface area contributed by atoms with Crippen LogP contribution in [0.5, 0.6) is 5.75 Å². The molecule has 1 N–H and O–H groups in total. The minimum atomic E-state index is -4.47. The number of likely N-dealkylation sites (tertiary alicyclic amines) is 1. The third-order valence-electron chi connectivity index (χ3n) is 5.36. The van der Waals surface area contributed by atoms with Gasteiger partial charge in [0.1, 0.15) is 5.75 Å². The van der Waals surface area contributed by atoms with Crippen molar-refractivity contribution in [3.05, 3.63) is 58.6 Å². The molecular weight excluding hydrogens is 477 g/mol. The first-order chi connectivity index (χ1) is 16.1. The summed E-state index contributed by atoms with van der Waals surface area (Å²) in [6.45, 7) is -0.0176. The van der Waals surface area contributed by atoms with Crippen LogP contribution in [0.2, 0.25) is 5.02 Å². The lowest BCUT2D eigenvalue weighted by Gasteiger charge is -2.31. The average molecular weight is 499 g/mol. The molecule has 1 saturated heterocycles. The first kappa shape index (κ1) is 25.4. The summed E-state index contributed by atoms with van der Waals surface area (Å²) in [5.74, 6) is -1.63. The van der Waals surface area contributed by atoms with E-state index in [2.05, 4.69) is 5.32 Å². The fraction of sp³-hybridized carbons (Fsp3) is 0.348. The number of carbonyl (C=O) groups is 3. The van der Waals surface area contributed by atoms with Crippen molar-refractivity contribution in [2.75, 3.05) is 32.1 Å². The van der Waals surface area contributed by atoms with Gasteiger partial charge >= 0.3 is 12.1 Å². The molecule has 0 aromatic heterocycles. The normalized spacial score (nSPS) is 14.4. The van der Waals surface area contributed by atoms with Gasteiger partial charge in [0, 0.05) is 23.7 Å². The largest absolute Gasteiger partial charge is 0.495 e. The standard InChI is InChI=1S/C23H22ClF3N2O5/c1-33-19-7-6-17(24)12-18(19)28-20(30)13-34-22(32)15-8-10-29(11-9-15)21(31)14-2-4-16(5-3-14)23(25,26)27/h2-7,12,15H,8-11,13H2,1H3,(H,28,30). The molecule has 0 spiro atoms. The minimum Gasteiger partial charge on any atom is -0.495 e. The van der Waals surface area contributed by atoms with E-state index in [1.54, 1.807) is 12.1 Å². The van der Waals surface area contributed by atoms with Crippen molar-refractivity contribution in [2.45, 2.75) is 19.0 Å². The van der Waals surface area contributed by atoms with Crippen LogP contribution in [0.1, 0.15) is 28.8 Å². The number of piperidine rings is 1. The number of methoxy groups -OCH3 is 1. The summed E-state index contributed by atoms with van der Waals surface area (Å²) in [6, 6.07) is 8.69. The molecule has 0 radical (unpaired) electrons. The van der Waals surface area contributed by atoms with Crippen LogP contribution in [0, 0.1) is 5.92 Å². The minimum absolute atomic E-state index is 0.141. The Hall–Kier alpha value is -3.27. The smallest absolute Gasteiger partial charge is 0.416 e. The Kier molecular flexibility index (Phi) is 8.03. The van der Waals surface area contributed by atoms with Crippen molar-refractivity contribution < 1.29 is 37.0 Å². The Labute approximate surface area is 198 Å². The number of benzene rings is 2. The van der Waals surface area contributed by atoms with E-state index in [-0.39, 0.29) is 18.7 Å². The molecule has 1 aliphatic heterocycles. The number of nitrogens with zero attached hydrogens (tertiary/aromatic N) is 1. The molecule has 0 saturated carbocycles. The van der Waals surface area contributed by atoms with Gasteiger partial charge < -0.3 is 19.7 Å². The Morgan fingerprint density at radius 3 is 2.32 bits per heavy atom. The zero-order chi connectivity index (χ0) is 24.9. The summed E-state index contributed by atoms with van der Waals surface area (Å²) < 4.78 is 48.3. The van der Waals surface area contributed by atoms with Gasteiger partial charge in [-0.1, -0.05) is 11.6 Å². The molecule has 0 bridgehead atoms. The van der Waals surface area contributed by atoms with Crippen molar-refractivity contribution in [3.8, 4) is 5.75 Å². The second-order valence-electron chi connectivity index (χ2n) is 7.64. The molecule has 2 aromatic carbocycles. The van der Waals surface area contributed by atoms with Crippen LogP contribution in [0.15, 0.2) is 42.5 Å². The maximum atomic E-state index is 12.7. The zero-order valence-corrected chi connectivity index (χ0v) is 18.9. The van der Waals surface area contributed by atoms with E-state index in [0.29, 0.717) is 29.3 Å². The van der Waals surface area contributed by atoms with Crippen molar-refractivity contribution in [1.29, 1.82) is 0 Å². The summed E-state index contributed by atoms with van der Waals surface area (Å²) in [4.78, 5) is 38.5. The molecule has 3 rings (SSSR count). The number of ether oxygens (including phenoxy) is 2. The fourth-order valence-electron chi connectivity index (χ4n) is 3.52. The van der Waals surface area contributed by atoms with E-state index < -0.39 is 42.0 Å². The Morgan fingerprint density at radius 1 is 1.09 bits per heavy atom. The van der Waals surface area contributed by atoms with Gasteiger partial charge in [0.25, 0.3) is 11.8 Å². The highest BCUT2D eigenvalue weighted by Gasteiger charge is 2.32. The summed E-state index contributed by atoms with van der Waals surface area (Å²) in [7, 11) is 1.44. The highest BCUT2D eigenvalue weighted by molar-refractivity contribution is 6.31. The topological polar surface area (TPSA) is 84.9 Å². The first-order valence-electron chi connectivity index (χ1n) is 10.3. The molecule has 2 amide bonds. The molecule has 1 fully saturated rings. The van der Waals surface area contributed by atoms with E-state index >= 15 is 0 Å². The molecule has 2 aromatic rings. The fourth-order valence-corrected chi connectivity index (χ4v) is 3.69. The zero-order valence-electron chi connectivity index (χ0n) is 18.2. The molecule has 11 heteroatoms. The highest BCUT2D eigenvalue weighted by atomic mass is 35.5. The van der Waals surface area contributed by atoms with E-state index in [9.17, 15) is 27.6 Å². The molecule has 0 aliphatic carbocycles. The number of rotatable bonds is 6. The molecule has 34 heavy (non-hydrogen) atoms. The summed E-state index contributed by atoms with van der Waals surface area (Å²) in [5, 5.41) is 2.96. The third kappa shape index (κ3) is 6.40. The number of hydrogen-bond donors (Lipinski definition) is 1. The Morgan fingerprint density at radius 2 is 1.74 bits per heavy atom. The van der Waals surface area contributed by atoms with Crippen molar-refractivity contribution in [1.82, 2.24) is 4.90 Å². The predicted molar refractivity (Wildman–Crippen MR) is 118 cm³/mol. The number of hydrogen-bond acceptors (Lipinski definition) is 5. The monoisotopic (exact) mass is 498 g/mol. The van der Waals surface area contributed by atoms with Gasteiger partial charge in [-0.15, -0.1) is 0 Å². The van der Waals surface area contributed by atoms with Crippen molar-refractivity contribution in [3.63, 3.8) is 0 Å². The summed E-state index contributed by atoms with van der Waals surface area (Å²) in [6.07, 6.45) is -3.85. The van der Waals surface area contributed by atoms with Gasteiger partial charge in [0.15, 0.2) is 6.61 Å². The number of anilines is 1. The molecule has 7 nitrogen and oxygen atoms in total. The van der Waals surface area contributed by atoms with Crippen LogP contribution in [0.3, 0.4) is 0 Å². The van der Waals surface area contributed by atoms with E-state index in [4.69, 9.17) is 21.1 Å². The van der Waals surface area contributed by atoms with E-state index in [1.807, 2.05) is 0 Å². The maximum Gasteiger partial charge on any atom is 0.416 e. The van der Waals surface area contributed by atoms with E-state index in [0.717, 1.165) is 24.3 Å². The number of halogens is 4.